The third-order valence-corrected chi connectivity index (χ3v) is 3.58. The molecule has 0 aliphatic carbocycles. The van der Waals surface area contributed by atoms with Crippen molar-refractivity contribution in [1.82, 2.24) is 0 Å². The fourth-order valence-corrected chi connectivity index (χ4v) is 2.62. The van der Waals surface area contributed by atoms with Gasteiger partial charge < -0.3 is 9.84 Å². The Bertz CT molecular complexity index is 655. The van der Waals surface area contributed by atoms with Gasteiger partial charge in [-0.1, -0.05) is 12.1 Å². The smallest absolute Gasteiger partial charge is 0.345 e. The number of esters is 1. The highest BCUT2D eigenvalue weighted by Crippen LogP contribution is 2.29. The van der Waals surface area contributed by atoms with Crippen molar-refractivity contribution in [2.24, 2.45) is 0 Å². The van der Waals surface area contributed by atoms with Crippen LogP contribution in [0.25, 0.3) is 16.2 Å². The van der Waals surface area contributed by atoms with Gasteiger partial charge in [-0.3, -0.25) is 0 Å². The van der Waals surface area contributed by atoms with Gasteiger partial charge in [-0.25, -0.2) is 9.59 Å². The summed E-state index contributed by atoms with van der Waals surface area (Å²) in [6.07, 6.45) is 2.98. The summed E-state index contributed by atoms with van der Waals surface area (Å²) in [6.45, 7) is 2.07. The maximum absolute atomic E-state index is 11.3. The molecule has 0 aliphatic heterocycles. The van der Waals surface area contributed by atoms with Gasteiger partial charge in [0.2, 0.25) is 0 Å². The van der Waals surface area contributed by atoms with E-state index in [0.29, 0.717) is 6.61 Å². The molecule has 5 heteroatoms. The zero-order valence-corrected chi connectivity index (χ0v) is 11.1. The van der Waals surface area contributed by atoms with E-state index in [9.17, 15) is 9.59 Å². The summed E-state index contributed by atoms with van der Waals surface area (Å²) in [6, 6.07) is 7.13. The molecule has 0 atom stereocenters. The summed E-state index contributed by atoms with van der Waals surface area (Å²) in [4.78, 5) is 22.5. The minimum absolute atomic E-state index is 0.284. The molecule has 2 rings (SSSR count). The summed E-state index contributed by atoms with van der Waals surface area (Å²) in [7, 11) is 0. The van der Waals surface area contributed by atoms with E-state index in [2.05, 4.69) is 0 Å². The number of aromatic carboxylic acids is 1. The normalized spacial score (nSPS) is 11.0. The number of ether oxygens (including phenoxy) is 1. The molecule has 1 heterocycles. The Kier molecular flexibility index (Phi) is 3.97. The minimum atomic E-state index is -0.943. The van der Waals surface area contributed by atoms with Crippen molar-refractivity contribution in [3.8, 4) is 0 Å². The Morgan fingerprint density at radius 3 is 2.89 bits per heavy atom. The molecule has 0 amide bonds. The first kappa shape index (κ1) is 13.3. The van der Waals surface area contributed by atoms with E-state index < -0.39 is 11.9 Å². The Balaban J connectivity index is 2.38. The molecule has 4 nitrogen and oxygen atoms in total. The fraction of sp³-hybridized carbons (Fsp3) is 0.143. The van der Waals surface area contributed by atoms with Crippen LogP contribution >= 0.6 is 11.3 Å². The monoisotopic (exact) mass is 276 g/mol. The first-order chi connectivity index (χ1) is 9.11. The molecular formula is C14H12O4S. The molecule has 0 aliphatic rings. The van der Waals surface area contributed by atoms with Crippen molar-refractivity contribution >= 4 is 39.4 Å². The number of carbonyl (C=O) groups excluding carboxylic acids is 1. The lowest BCUT2D eigenvalue weighted by Gasteiger charge is -1.97. The number of carboxylic acids is 1. The van der Waals surface area contributed by atoms with Gasteiger partial charge >= 0.3 is 11.9 Å². The van der Waals surface area contributed by atoms with Gasteiger partial charge in [0.05, 0.1) is 6.61 Å². The van der Waals surface area contributed by atoms with Crippen LogP contribution in [-0.2, 0) is 9.53 Å². The SMILES string of the molecule is CCOC(=O)C=Cc1cccc2sc(C(=O)O)cc12. The van der Waals surface area contributed by atoms with Crippen molar-refractivity contribution in [2.45, 2.75) is 6.92 Å². The zero-order chi connectivity index (χ0) is 13.8. The van der Waals surface area contributed by atoms with Crippen molar-refractivity contribution in [3.63, 3.8) is 0 Å². The molecule has 1 aromatic heterocycles. The second-order valence-electron chi connectivity index (χ2n) is 3.76. The van der Waals surface area contributed by atoms with Gasteiger partial charge in [0.1, 0.15) is 4.88 Å². The number of thiophene rings is 1. The number of hydrogen-bond donors (Lipinski definition) is 1. The van der Waals surface area contributed by atoms with Crippen molar-refractivity contribution in [1.29, 1.82) is 0 Å². The van der Waals surface area contributed by atoms with Crippen molar-refractivity contribution in [3.05, 3.63) is 40.8 Å². The molecule has 0 bridgehead atoms. The summed E-state index contributed by atoms with van der Waals surface area (Å²) in [5, 5.41) is 9.81. The molecule has 2 aromatic rings. The lowest BCUT2D eigenvalue weighted by atomic mass is 10.1. The Hall–Kier alpha value is -2.14. The largest absolute Gasteiger partial charge is 0.477 e. The molecule has 98 valence electrons. The van der Waals surface area contributed by atoms with Crippen LogP contribution in [0.4, 0.5) is 0 Å². The average molecular weight is 276 g/mol. The predicted molar refractivity (Wildman–Crippen MR) is 74.5 cm³/mol. The Morgan fingerprint density at radius 1 is 1.42 bits per heavy atom. The fourth-order valence-electron chi connectivity index (χ4n) is 1.68. The lowest BCUT2D eigenvalue weighted by molar-refractivity contribution is -0.137. The maximum atomic E-state index is 11.3. The molecule has 0 radical (unpaired) electrons. The third-order valence-electron chi connectivity index (χ3n) is 2.49. The summed E-state index contributed by atoms with van der Waals surface area (Å²) < 4.78 is 5.68. The van der Waals surface area contributed by atoms with Crippen LogP contribution < -0.4 is 0 Å². The predicted octanol–water partition coefficient (Wildman–Crippen LogP) is 3.18. The van der Waals surface area contributed by atoms with Crippen LogP contribution in [0.1, 0.15) is 22.2 Å². The molecule has 0 unspecified atom stereocenters. The van der Waals surface area contributed by atoms with Crippen LogP contribution in [0, 0.1) is 0 Å². The highest BCUT2D eigenvalue weighted by Gasteiger charge is 2.09. The molecule has 1 N–H and O–H groups in total. The first-order valence-corrected chi connectivity index (χ1v) is 6.54. The van der Waals surface area contributed by atoms with Gasteiger partial charge in [-0.2, -0.15) is 0 Å². The second-order valence-corrected chi connectivity index (χ2v) is 4.84. The van der Waals surface area contributed by atoms with Gasteiger partial charge in [-0.15, -0.1) is 11.3 Å². The molecule has 0 saturated heterocycles. The molecule has 1 aromatic carbocycles. The first-order valence-electron chi connectivity index (χ1n) is 5.72. The summed E-state index contributed by atoms with van der Waals surface area (Å²) >= 11 is 1.21. The quantitative estimate of drug-likeness (QED) is 0.688. The van der Waals surface area contributed by atoms with Crippen LogP contribution in [0.15, 0.2) is 30.3 Å². The van der Waals surface area contributed by atoms with E-state index >= 15 is 0 Å². The maximum Gasteiger partial charge on any atom is 0.345 e. The number of hydrogen-bond acceptors (Lipinski definition) is 4. The number of carboxylic acid groups (broad SMARTS) is 1. The van der Waals surface area contributed by atoms with E-state index in [1.54, 1.807) is 19.1 Å². The van der Waals surface area contributed by atoms with Gasteiger partial charge in [0.15, 0.2) is 0 Å². The highest BCUT2D eigenvalue weighted by atomic mass is 32.1. The van der Waals surface area contributed by atoms with Gasteiger partial charge in [0, 0.05) is 16.2 Å². The third kappa shape index (κ3) is 3.00. The van der Waals surface area contributed by atoms with E-state index in [1.807, 2.05) is 18.2 Å². The molecule has 0 saturated carbocycles. The van der Waals surface area contributed by atoms with E-state index in [4.69, 9.17) is 9.84 Å². The molecular weight excluding hydrogens is 264 g/mol. The van der Waals surface area contributed by atoms with Crippen LogP contribution in [0.3, 0.4) is 0 Å². The lowest BCUT2D eigenvalue weighted by Crippen LogP contribution is -1.98. The summed E-state index contributed by atoms with van der Waals surface area (Å²) in [5.41, 5.74) is 0.800. The summed E-state index contributed by atoms with van der Waals surface area (Å²) in [5.74, 6) is -1.35. The minimum Gasteiger partial charge on any atom is -0.477 e. The topological polar surface area (TPSA) is 63.6 Å². The number of benzene rings is 1. The standard InChI is InChI=1S/C14H12O4S/c1-2-18-13(15)7-6-9-4-3-5-11-10(9)8-12(19-11)14(16)17/h3-8H,2H2,1H3,(H,16,17). The Morgan fingerprint density at radius 2 is 2.21 bits per heavy atom. The van der Waals surface area contributed by atoms with Crippen molar-refractivity contribution in [2.75, 3.05) is 6.61 Å². The van der Waals surface area contributed by atoms with Crippen molar-refractivity contribution < 1.29 is 19.4 Å². The number of carbonyl (C=O) groups is 2. The molecule has 19 heavy (non-hydrogen) atoms. The van der Waals surface area contributed by atoms with Gasteiger partial charge in [-0.05, 0) is 30.7 Å². The Labute approximate surface area is 113 Å². The molecule has 0 fully saturated rings. The average Bonchev–Trinajstić information content (AvgIpc) is 2.81. The second kappa shape index (κ2) is 5.67. The van der Waals surface area contributed by atoms with E-state index in [-0.39, 0.29) is 4.88 Å². The van der Waals surface area contributed by atoms with Crippen LogP contribution in [0.5, 0.6) is 0 Å². The zero-order valence-electron chi connectivity index (χ0n) is 10.3. The molecule has 0 spiro atoms. The van der Waals surface area contributed by atoms with Crippen LogP contribution in [-0.4, -0.2) is 23.7 Å². The number of rotatable bonds is 4. The van der Waals surface area contributed by atoms with Crippen LogP contribution in [0.2, 0.25) is 0 Å². The van der Waals surface area contributed by atoms with E-state index in [0.717, 1.165) is 15.6 Å². The highest BCUT2D eigenvalue weighted by molar-refractivity contribution is 7.20. The van der Waals surface area contributed by atoms with E-state index in [1.165, 1.54) is 17.4 Å². The van der Waals surface area contributed by atoms with Gasteiger partial charge in [0.25, 0.3) is 0 Å². The number of fused-ring (bicyclic) bond motifs is 1.